The minimum absolute atomic E-state index is 0.0221. The van der Waals surface area contributed by atoms with Crippen LogP contribution in [0.25, 0.3) is 10.9 Å². The number of H-pyrrole nitrogens is 2. The zero-order chi connectivity index (χ0) is 93.4. The van der Waals surface area contributed by atoms with Gasteiger partial charge in [-0.2, -0.15) is 11.8 Å². The highest BCUT2D eigenvalue weighted by molar-refractivity contribution is 7.98. The number of amides is 18. The van der Waals surface area contributed by atoms with E-state index < -0.39 is 267 Å². The molecule has 0 spiro atoms. The van der Waals surface area contributed by atoms with E-state index in [0.29, 0.717) is 52.9 Å². The first-order chi connectivity index (χ1) is 59.6. The molecule has 0 aliphatic carbocycles. The van der Waals surface area contributed by atoms with Crippen molar-refractivity contribution in [3.63, 3.8) is 0 Å². The van der Waals surface area contributed by atoms with Gasteiger partial charge in [-0.15, -0.1) is 0 Å². The number of phenols is 1. The number of guanidine groups is 1. The van der Waals surface area contributed by atoms with E-state index in [-0.39, 0.29) is 56.7 Å². The molecule has 0 saturated carbocycles. The molecule has 1 aliphatic heterocycles. The van der Waals surface area contributed by atoms with Crippen LogP contribution in [-0.2, 0) is 110 Å². The van der Waals surface area contributed by atoms with Crippen LogP contribution in [0.15, 0.2) is 67.3 Å². The van der Waals surface area contributed by atoms with Crippen LogP contribution in [-0.4, -0.2) is 260 Å². The van der Waals surface area contributed by atoms with Crippen LogP contribution in [0.5, 0.6) is 5.75 Å². The molecule has 3 heterocycles. The number of rotatable bonds is 56. The number of carbonyl (C=O) groups excluding carboxylic acids is 18. The van der Waals surface area contributed by atoms with Crippen molar-refractivity contribution in [1.82, 2.24) is 100 Å². The Balaban J connectivity index is 1.33. The Hall–Kier alpha value is -13.5. The van der Waals surface area contributed by atoms with Gasteiger partial charge in [0.2, 0.25) is 106 Å². The predicted molar refractivity (Wildman–Crippen MR) is 455 cm³/mol. The molecule has 5 rings (SSSR count). The number of nitrogens with one attached hydrogen (secondary N) is 19. The van der Waals surface area contributed by atoms with E-state index in [1.807, 2.05) is 6.26 Å². The van der Waals surface area contributed by atoms with Gasteiger partial charge in [-0.3, -0.25) is 96.5 Å². The van der Waals surface area contributed by atoms with Crippen molar-refractivity contribution >= 4 is 141 Å². The molecule has 0 radical (unpaired) electrons. The molecule has 13 atom stereocenters. The Morgan fingerprint density at radius 3 is 1.56 bits per heavy atom. The van der Waals surface area contributed by atoms with Crippen LogP contribution in [0.4, 0.5) is 0 Å². The molecule has 2 aromatic heterocycles. The van der Waals surface area contributed by atoms with Crippen LogP contribution in [0.3, 0.4) is 0 Å². The third-order valence-electron chi connectivity index (χ3n) is 19.8. The number of carbonyl (C=O) groups is 19. The van der Waals surface area contributed by atoms with E-state index in [1.54, 1.807) is 52.0 Å². The number of primary amides is 4. The van der Waals surface area contributed by atoms with Crippen LogP contribution < -0.4 is 114 Å². The second-order valence-electron chi connectivity index (χ2n) is 30.9. The molecule has 690 valence electrons. The fourth-order valence-electron chi connectivity index (χ4n) is 13.1. The van der Waals surface area contributed by atoms with E-state index >= 15 is 0 Å². The summed E-state index contributed by atoms with van der Waals surface area (Å²) in [5, 5.41) is 68.1. The number of imidazole rings is 1. The van der Waals surface area contributed by atoms with E-state index in [0.717, 1.165) is 0 Å². The van der Waals surface area contributed by atoms with Gasteiger partial charge in [0, 0.05) is 74.1 Å². The minimum atomic E-state index is -1.97. The number of aromatic nitrogens is 3. The molecule has 47 heteroatoms. The second-order valence-corrected chi connectivity index (χ2v) is 31.9. The van der Waals surface area contributed by atoms with Gasteiger partial charge in [0.05, 0.1) is 31.9 Å². The SMILES string of the molecule is CSCC[C@H](NC(=O)[C@H](CC(C)C)NC(=O)[C@H](Cc1cnc[nH]1)NC(=O)CNC(=O)[C@@H](NC(=O)[C@H](C)NC(=O)[C@H](Cc1c[nH]c2ccccc12)NC(=O)[C@H](CCC(N)=O)NC(=O)[C@H](CC(N)=O)NC(=O)CNC(=O)[C@H](Cc1ccc(O)cc1)NC(=O)[C@H](CCCNC(=N)N)NC(=O)[C@H](CCC(N)=O)NC(=O)[C@H](CCC(=O)O)NC(=O)[C@H]1CCCN1)C(C)C)C(N)=O. The number of phenolic OH excluding ortho intramolecular Hbond substituents is 1. The summed E-state index contributed by atoms with van der Waals surface area (Å²) in [6.45, 7) is 6.64. The summed E-state index contributed by atoms with van der Waals surface area (Å²) >= 11 is 1.43. The number of para-hydroxylation sites is 1. The Morgan fingerprint density at radius 1 is 0.516 bits per heavy atom. The number of benzene rings is 2. The van der Waals surface area contributed by atoms with Crippen molar-refractivity contribution in [3.05, 3.63) is 84.1 Å². The smallest absolute Gasteiger partial charge is 0.303 e. The number of aromatic hydroxyl groups is 1. The molecule has 4 aromatic rings. The summed E-state index contributed by atoms with van der Waals surface area (Å²) in [6.07, 6.45) is 2.06. The first-order valence-corrected chi connectivity index (χ1v) is 42.2. The molecule has 1 aliphatic rings. The maximum Gasteiger partial charge on any atom is 0.303 e. The molecule has 0 bridgehead atoms. The van der Waals surface area contributed by atoms with E-state index in [1.165, 1.54) is 61.7 Å². The number of hydrogen-bond acceptors (Lipinski definition) is 24. The lowest BCUT2D eigenvalue weighted by molar-refractivity contribution is -0.138. The van der Waals surface area contributed by atoms with Gasteiger partial charge in [-0.1, -0.05) is 58.0 Å². The number of aliphatic carboxylic acids is 1. The predicted octanol–water partition coefficient (Wildman–Crippen LogP) is -7.08. The standard InChI is InChI=1S/C79H117N25O21S/c1-39(2)29-54(75(122)96-48(66(83)113)25-28-126-6)101-76(123)57(32-44-35-86-38-92-44)94-63(110)37-91-78(125)65(40(3)4)104-67(114)41(5)93-74(121)56(31-43-34-89-47-12-8-7-11-46(43)47)103-73(120)52(20-23-60(81)107)100-77(124)58(33-61(82)108)95-62(109)36-90-68(115)55(30-42-15-17-45(105)18-16-42)102-70(117)50(14-10-27-88-79(84)85)97-71(118)51(19-22-59(80)106)99-72(119)53(21-24-64(111)112)98-69(116)49-13-9-26-87-49/h7-8,11-12,15-18,34-35,38-41,48-58,65,87,89,105H,9-10,13-14,19-33,36-37H2,1-6H3,(H2,80,106)(H2,81,107)(H2,82,108)(H2,83,113)(H,86,92)(H,90,115)(H,91,125)(H,93,121)(H,94,110)(H,95,109)(H,96,122)(H,97,118)(H,98,116)(H,99,119)(H,100,124)(H,101,123)(H,102,117)(H,103,120)(H,104,114)(H,111,112)(H4,84,85,88)/t41-,48-,49+,50-,51-,52-,53-,54-,55-,56-,57-,58-,65-/m0/s1. The third-order valence-corrected chi connectivity index (χ3v) is 20.4. The number of carboxylic acids is 1. The number of nitrogens with zero attached hydrogens (tertiary/aromatic N) is 1. The third kappa shape index (κ3) is 36.5. The monoisotopic (exact) mass is 1780 g/mol. The minimum Gasteiger partial charge on any atom is -0.508 e. The van der Waals surface area contributed by atoms with Gasteiger partial charge >= 0.3 is 5.97 Å². The van der Waals surface area contributed by atoms with E-state index in [2.05, 4.69) is 100 Å². The number of aromatic amines is 2. The fourth-order valence-corrected chi connectivity index (χ4v) is 13.5. The first kappa shape index (κ1) is 103. The van der Waals surface area contributed by atoms with Gasteiger partial charge in [0.15, 0.2) is 5.96 Å². The van der Waals surface area contributed by atoms with Gasteiger partial charge in [0.1, 0.15) is 78.3 Å². The van der Waals surface area contributed by atoms with Gasteiger partial charge in [-0.25, -0.2) is 4.98 Å². The van der Waals surface area contributed by atoms with Crippen molar-refractivity contribution in [1.29, 1.82) is 5.41 Å². The summed E-state index contributed by atoms with van der Waals surface area (Å²) in [4.78, 5) is 268. The average molecular weight is 1790 g/mol. The fraction of sp³-hybridized carbons (Fsp3) is 0.532. The number of thioether (sulfide) groups is 1. The highest BCUT2D eigenvalue weighted by Crippen LogP contribution is 2.21. The molecule has 18 amide bonds. The average Bonchev–Trinajstić information content (AvgIpc) is 1.66. The summed E-state index contributed by atoms with van der Waals surface area (Å²) in [6, 6.07) is -7.07. The second kappa shape index (κ2) is 52.2. The van der Waals surface area contributed by atoms with E-state index in [4.69, 9.17) is 34.1 Å². The summed E-state index contributed by atoms with van der Waals surface area (Å²) in [7, 11) is 0. The molecular formula is C79H117N25O21S. The first-order valence-electron chi connectivity index (χ1n) is 40.8. The molecule has 46 nitrogen and oxygen atoms in total. The Bertz CT molecular complexity index is 4490. The number of hydrogen-bond donors (Lipinski definition) is 26. The highest BCUT2D eigenvalue weighted by Gasteiger charge is 2.38. The largest absolute Gasteiger partial charge is 0.508 e. The van der Waals surface area contributed by atoms with Crippen molar-refractivity contribution in [2.75, 3.05) is 38.2 Å². The lowest BCUT2D eigenvalue weighted by Gasteiger charge is -2.27. The zero-order valence-electron chi connectivity index (χ0n) is 70.8. The van der Waals surface area contributed by atoms with E-state index in [9.17, 15) is 101 Å². The summed E-state index contributed by atoms with van der Waals surface area (Å²) < 4.78 is 0. The maximum atomic E-state index is 14.7. The number of fused-ring (bicyclic) bond motifs is 1. The Labute approximate surface area is 728 Å². The Morgan fingerprint density at radius 2 is 1.02 bits per heavy atom. The van der Waals surface area contributed by atoms with Crippen molar-refractivity contribution in [2.24, 2.45) is 40.5 Å². The topological polar surface area (TPSA) is 756 Å². The van der Waals surface area contributed by atoms with Gasteiger partial charge in [-0.05, 0) is 124 Å². The molecule has 0 unspecified atom stereocenters. The van der Waals surface area contributed by atoms with Crippen LogP contribution >= 0.6 is 11.8 Å². The normalized spacial score (nSPS) is 15.1. The lowest BCUT2D eigenvalue weighted by Crippen LogP contribution is -2.60. The summed E-state index contributed by atoms with van der Waals surface area (Å²) in [5.74, 6) is -20.1. The molecule has 1 saturated heterocycles. The summed E-state index contributed by atoms with van der Waals surface area (Å²) in [5.41, 5.74) is 29.3. The highest BCUT2D eigenvalue weighted by atomic mass is 32.2. The maximum absolute atomic E-state index is 14.7. The molecule has 1 fully saturated rings. The van der Waals surface area contributed by atoms with Crippen LogP contribution in [0.2, 0.25) is 0 Å². The quantitative estimate of drug-likeness (QED) is 0.0111. The molecule has 2 aromatic carbocycles. The molecule has 126 heavy (non-hydrogen) atoms. The molecule has 31 N–H and O–H groups in total. The van der Waals surface area contributed by atoms with Gasteiger partial charge < -0.3 is 134 Å². The van der Waals surface area contributed by atoms with Crippen LogP contribution in [0, 0.1) is 17.2 Å². The number of nitrogens with two attached hydrogens (primary N) is 5. The van der Waals surface area contributed by atoms with Crippen molar-refractivity contribution in [2.45, 2.75) is 216 Å². The van der Waals surface area contributed by atoms with Crippen molar-refractivity contribution < 1.29 is 101 Å². The van der Waals surface area contributed by atoms with Crippen molar-refractivity contribution in [3.8, 4) is 5.75 Å². The molecular weight excluding hydrogens is 1670 g/mol. The number of carboxylic acid groups (broad SMARTS) is 1. The lowest BCUT2D eigenvalue weighted by atomic mass is 10.0. The zero-order valence-corrected chi connectivity index (χ0v) is 71.6. The Kier molecular flexibility index (Phi) is 42.7. The van der Waals surface area contributed by atoms with Gasteiger partial charge in [0.25, 0.3) is 0 Å². The van der Waals surface area contributed by atoms with Crippen LogP contribution in [0.1, 0.15) is 135 Å².